The Hall–Kier alpha value is -3.34. The van der Waals surface area contributed by atoms with Gasteiger partial charge in [0.25, 0.3) is 5.56 Å². The normalized spacial score (nSPS) is 10.8. The third kappa shape index (κ3) is 2.48. The second-order valence-corrected chi connectivity index (χ2v) is 5.07. The van der Waals surface area contributed by atoms with Crippen molar-refractivity contribution in [1.29, 1.82) is 0 Å². The lowest BCUT2D eigenvalue weighted by Crippen LogP contribution is -2.10. The van der Waals surface area contributed by atoms with Crippen LogP contribution < -0.4 is 10.9 Å². The number of nitrogens with zero attached hydrogens (tertiary/aromatic N) is 1. The highest BCUT2D eigenvalue weighted by molar-refractivity contribution is 5.81. The molecule has 5 nitrogen and oxygen atoms in total. The number of H-pyrrole nitrogens is 1. The van der Waals surface area contributed by atoms with Gasteiger partial charge in [0.2, 0.25) is 5.89 Å². The minimum Gasteiger partial charge on any atom is -0.436 e. The molecule has 23 heavy (non-hydrogen) atoms. The number of nitrogens with one attached hydrogen (secondary N) is 2. The number of hydrogen-bond donors (Lipinski definition) is 2. The van der Waals surface area contributed by atoms with Crippen LogP contribution in [-0.4, -0.2) is 9.97 Å². The van der Waals surface area contributed by atoms with E-state index in [9.17, 15) is 4.79 Å². The number of oxazole rings is 1. The molecule has 2 N–H and O–H groups in total. The first-order valence-corrected chi connectivity index (χ1v) is 7.21. The van der Waals surface area contributed by atoms with Crippen molar-refractivity contribution < 1.29 is 4.42 Å². The van der Waals surface area contributed by atoms with Crippen molar-refractivity contribution in [1.82, 2.24) is 9.97 Å². The Morgan fingerprint density at radius 1 is 0.957 bits per heavy atom. The van der Waals surface area contributed by atoms with Gasteiger partial charge in [0, 0.05) is 11.9 Å². The monoisotopic (exact) mass is 303 g/mol. The predicted molar refractivity (Wildman–Crippen MR) is 89.8 cm³/mol. The van der Waals surface area contributed by atoms with Crippen LogP contribution in [0, 0.1) is 0 Å². The molecule has 2 aromatic heterocycles. The van der Waals surface area contributed by atoms with Crippen molar-refractivity contribution in [2.75, 3.05) is 5.32 Å². The van der Waals surface area contributed by atoms with Crippen molar-refractivity contribution >= 4 is 22.5 Å². The van der Waals surface area contributed by atoms with E-state index in [1.165, 1.54) is 0 Å². The van der Waals surface area contributed by atoms with Crippen molar-refractivity contribution in [3.05, 3.63) is 77.2 Å². The first-order valence-electron chi connectivity index (χ1n) is 7.21. The molecule has 0 bridgehead atoms. The number of aromatic amines is 1. The molecule has 4 rings (SSSR count). The molecule has 0 aliphatic heterocycles. The maximum atomic E-state index is 12.3. The summed E-state index contributed by atoms with van der Waals surface area (Å²) in [5, 5.41) is 3.24. The van der Waals surface area contributed by atoms with Gasteiger partial charge in [0.05, 0.1) is 5.69 Å². The fraction of sp³-hybridized carbons (Fsp3) is 0. The fourth-order valence-corrected chi connectivity index (χ4v) is 2.45. The third-order valence-electron chi connectivity index (χ3n) is 3.52. The van der Waals surface area contributed by atoms with Crippen LogP contribution in [-0.2, 0) is 0 Å². The lowest BCUT2D eigenvalue weighted by atomic mass is 10.2. The maximum Gasteiger partial charge on any atom is 0.262 e. The van der Waals surface area contributed by atoms with Crippen LogP contribution in [0.25, 0.3) is 22.6 Å². The van der Waals surface area contributed by atoms with Gasteiger partial charge in [0.15, 0.2) is 5.58 Å². The summed E-state index contributed by atoms with van der Waals surface area (Å²) in [6.07, 6.45) is 1.60. The molecule has 0 amide bonds. The molecule has 2 aromatic carbocycles. The Labute approximate surface area is 131 Å². The minimum atomic E-state index is -0.252. The Morgan fingerprint density at radius 2 is 1.74 bits per heavy atom. The van der Waals surface area contributed by atoms with E-state index in [4.69, 9.17) is 4.42 Å². The topological polar surface area (TPSA) is 70.9 Å². The Bertz CT molecular complexity index is 986. The van der Waals surface area contributed by atoms with Gasteiger partial charge in [-0.15, -0.1) is 0 Å². The number of pyridine rings is 1. The molecule has 2 heterocycles. The molecule has 4 aromatic rings. The first kappa shape index (κ1) is 13.3. The zero-order valence-electron chi connectivity index (χ0n) is 12.1. The lowest BCUT2D eigenvalue weighted by molar-refractivity contribution is 0.619. The number of benzene rings is 2. The summed E-state index contributed by atoms with van der Waals surface area (Å²) in [7, 11) is 0. The van der Waals surface area contributed by atoms with E-state index < -0.39 is 0 Å². The summed E-state index contributed by atoms with van der Waals surface area (Å²) in [5.41, 5.74) is 3.03. The zero-order valence-corrected chi connectivity index (χ0v) is 12.1. The van der Waals surface area contributed by atoms with Crippen molar-refractivity contribution in [2.45, 2.75) is 0 Å². The quantitative estimate of drug-likeness (QED) is 0.601. The molecular weight excluding hydrogens is 290 g/mol. The summed E-state index contributed by atoms with van der Waals surface area (Å²) in [6, 6.07) is 18.9. The van der Waals surface area contributed by atoms with Crippen molar-refractivity contribution in [3.8, 4) is 11.5 Å². The number of anilines is 2. The molecule has 0 aliphatic carbocycles. The number of fused-ring (bicyclic) bond motifs is 1. The standard InChI is InChI=1S/C18H13N3O2/c22-17-16(18-21-13-8-4-5-9-15(13)23-18)14(10-11-19-17)20-12-6-2-1-3-7-12/h1-11H,(H2,19,20,22). The van der Waals surface area contributed by atoms with Gasteiger partial charge in [-0.2, -0.15) is 0 Å². The summed E-state index contributed by atoms with van der Waals surface area (Å²) < 4.78 is 5.74. The summed E-state index contributed by atoms with van der Waals surface area (Å²) in [5.74, 6) is 0.298. The highest BCUT2D eigenvalue weighted by atomic mass is 16.3. The smallest absolute Gasteiger partial charge is 0.262 e. The Kier molecular flexibility index (Phi) is 3.16. The van der Waals surface area contributed by atoms with Crippen LogP contribution >= 0.6 is 0 Å². The van der Waals surface area contributed by atoms with E-state index in [0.29, 0.717) is 22.7 Å². The van der Waals surface area contributed by atoms with E-state index in [1.54, 1.807) is 12.3 Å². The van der Waals surface area contributed by atoms with Gasteiger partial charge >= 0.3 is 0 Å². The van der Waals surface area contributed by atoms with Gasteiger partial charge in [-0.1, -0.05) is 30.3 Å². The molecular formula is C18H13N3O2. The number of hydrogen-bond acceptors (Lipinski definition) is 4. The first-order chi connectivity index (χ1) is 11.3. The molecule has 0 spiro atoms. The Balaban J connectivity index is 1.86. The van der Waals surface area contributed by atoms with Crippen molar-refractivity contribution in [2.24, 2.45) is 0 Å². The van der Waals surface area contributed by atoms with Gasteiger partial charge in [-0.05, 0) is 30.3 Å². The summed E-state index contributed by atoms with van der Waals surface area (Å²) >= 11 is 0. The van der Waals surface area contributed by atoms with E-state index in [2.05, 4.69) is 15.3 Å². The Morgan fingerprint density at radius 3 is 2.57 bits per heavy atom. The van der Waals surface area contributed by atoms with Gasteiger partial charge in [0.1, 0.15) is 11.1 Å². The second-order valence-electron chi connectivity index (χ2n) is 5.07. The van der Waals surface area contributed by atoms with E-state index in [0.717, 1.165) is 11.2 Å². The van der Waals surface area contributed by atoms with Gasteiger partial charge in [-0.25, -0.2) is 4.98 Å². The van der Waals surface area contributed by atoms with Crippen LogP contribution in [0.4, 0.5) is 11.4 Å². The average Bonchev–Trinajstić information content (AvgIpc) is 2.99. The molecule has 0 aliphatic rings. The van der Waals surface area contributed by atoms with E-state index in [-0.39, 0.29) is 5.56 Å². The second kappa shape index (κ2) is 5.46. The highest BCUT2D eigenvalue weighted by Gasteiger charge is 2.16. The molecule has 0 fully saturated rings. The largest absolute Gasteiger partial charge is 0.436 e. The molecule has 112 valence electrons. The SMILES string of the molecule is O=c1[nH]ccc(Nc2ccccc2)c1-c1nc2ccccc2o1. The van der Waals surface area contributed by atoms with Gasteiger partial charge < -0.3 is 14.7 Å². The predicted octanol–water partition coefficient (Wildman–Crippen LogP) is 3.93. The number of rotatable bonds is 3. The summed E-state index contributed by atoms with van der Waals surface area (Å²) in [6.45, 7) is 0. The van der Waals surface area contributed by atoms with Crippen LogP contribution in [0.5, 0.6) is 0 Å². The third-order valence-corrected chi connectivity index (χ3v) is 3.52. The lowest BCUT2D eigenvalue weighted by Gasteiger charge is -2.08. The average molecular weight is 303 g/mol. The summed E-state index contributed by atoms with van der Waals surface area (Å²) in [4.78, 5) is 19.4. The fourth-order valence-electron chi connectivity index (χ4n) is 2.45. The molecule has 0 saturated carbocycles. The van der Waals surface area contributed by atoms with Crippen LogP contribution in [0.15, 0.2) is 76.1 Å². The maximum absolute atomic E-state index is 12.3. The number of aromatic nitrogens is 2. The van der Waals surface area contributed by atoms with Crippen LogP contribution in [0.2, 0.25) is 0 Å². The van der Waals surface area contributed by atoms with E-state index in [1.807, 2.05) is 54.6 Å². The minimum absolute atomic E-state index is 0.252. The number of para-hydroxylation sites is 3. The highest BCUT2D eigenvalue weighted by Crippen LogP contribution is 2.28. The van der Waals surface area contributed by atoms with Gasteiger partial charge in [-0.3, -0.25) is 4.79 Å². The molecule has 0 unspecified atom stereocenters. The van der Waals surface area contributed by atoms with E-state index >= 15 is 0 Å². The molecule has 0 radical (unpaired) electrons. The van der Waals surface area contributed by atoms with Crippen LogP contribution in [0.3, 0.4) is 0 Å². The molecule has 5 heteroatoms. The zero-order chi connectivity index (χ0) is 15.6. The van der Waals surface area contributed by atoms with Crippen LogP contribution in [0.1, 0.15) is 0 Å². The van der Waals surface area contributed by atoms with Crippen molar-refractivity contribution in [3.63, 3.8) is 0 Å². The molecule has 0 saturated heterocycles. The molecule has 0 atom stereocenters.